The lowest BCUT2D eigenvalue weighted by Crippen LogP contribution is -2.57. The first-order valence-electron chi connectivity index (χ1n) is 15.3. The summed E-state index contributed by atoms with van der Waals surface area (Å²) >= 11 is 12.3. The summed E-state index contributed by atoms with van der Waals surface area (Å²) in [5.41, 5.74) is -0.710. The molecule has 8 nitrogen and oxygen atoms in total. The second kappa shape index (κ2) is 11.9. The lowest BCUT2D eigenvalue weighted by atomic mass is 9.74. The Bertz CT molecular complexity index is 1200. The van der Waals surface area contributed by atoms with Gasteiger partial charge in [-0.05, 0) is 56.8 Å². The first-order chi connectivity index (χ1) is 19.8. The van der Waals surface area contributed by atoms with Crippen molar-refractivity contribution in [2.45, 2.75) is 94.5 Å². The number of carbonyl (C=O) groups is 3. The van der Waals surface area contributed by atoms with Crippen LogP contribution < -0.4 is 10.6 Å². The van der Waals surface area contributed by atoms with Gasteiger partial charge in [0.1, 0.15) is 11.6 Å². The van der Waals surface area contributed by atoms with Crippen molar-refractivity contribution < 1.29 is 19.1 Å². The molecule has 0 radical (unpaired) electrons. The normalized spacial score (nSPS) is 33.3. The molecule has 3 saturated heterocycles. The number of carbonyl (C=O) groups excluding carboxylic acids is 3. The number of ether oxygens (including phenoxy) is 1. The van der Waals surface area contributed by atoms with Crippen LogP contribution in [0.5, 0.6) is 0 Å². The third-order valence-corrected chi connectivity index (χ3v) is 10.3. The minimum absolute atomic E-state index is 0.101. The van der Waals surface area contributed by atoms with Crippen molar-refractivity contribution in [3.05, 3.63) is 40.4 Å². The number of likely N-dealkylation sites (tertiary alicyclic amines) is 2. The summed E-state index contributed by atoms with van der Waals surface area (Å²) < 4.78 is 6.50. The van der Waals surface area contributed by atoms with Crippen LogP contribution in [0.15, 0.2) is 30.4 Å². The summed E-state index contributed by atoms with van der Waals surface area (Å²) in [6.45, 7) is 4.34. The highest BCUT2D eigenvalue weighted by atomic mass is 35.5. The van der Waals surface area contributed by atoms with Crippen LogP contribution in [0, 0.1) is 11.8 Å². The van der Waals surface area contributed by atoms with Gasteiger partial charge in [0.25, 0.3) is 0 Å². The minimum atomic E-state index is -1.17. The number of fused-ring (bicyclic) bond motifs is 1. The van der Waals surface area contributed by atoms with Gasteiger partial charge in [-0.1, -0.05) is 68.0 Å². The number of piperidine rings is 1. The molecule has 10 heteroatoms. The van der Waals surface area contributed by atoms with Crippen LogP contribution in [0.25, 0.3) is 0 Å². The molecule has 0 aromatic heterocycles. The van der Waals surface area contributed by atoms with Crippen LogP contribution in [-0.2, 0) is 19.1 Å². The van der Waals surface area contributed by atoms with Gasteiger partial charge in [0.05, 0.1) is 17.9 Å². The Morgan fingerprint density at radius 1 is 1.00 bits per heavy atom. The molecule has 6 atom stereocenters. The van der Waals surface area contributed by atoms with Gasteiger partial charge in [-0.15, -0.1) is 0 Å². The molecule has 4 fully saturated rings. The van der Waals surface area contributed by atoms with E-state index in [1.165, 1.54) is 12.8 Å². The van der Waals surface area contributed by atoms with E-state index < -0.39 is 29.6 Å². The van der Waals surface area contributed by atoms with Gasteiger partial charge >= 0.3 is 0 Å². The number of amides is 3. The molecule has 4 heterocycles. The van der Waals surface area contributed by atoms with Crippen LogP contribution >= 0.6 is 23.2 Å². The summed E-state index contributed by atoms with van der Waals surface area (Å²) in [7, 11) is 0. The molecule has 222 valence electrons. The average molecular weight is 604 g/mol. The molecule has 0 unspecified atom stereocenters. The number of hydrogen-bond acceptors (Lipinski definition) is 5. The van der Waals surface area contributed by atoms with E-state index >= 15 is 0 Å². The Morgan fingerprint density at radius 3 is 2.46 bits per heavy atom. The zero-order valence-electron chi connectivity index (χ0n) is 23.6. The molecule has 1 spiro atoms. The zero-order valence-corrected chi connectivity index (χ0v) is 25.1. The maximum absolute atomic E-state index is 14.3. The van der Waals surface area contributed by atoms with Gasteiger partial charge < -0.3 is 20.3 Å². The summed E-state index contributed by atoms with van der Waals surface area (Å²) in [5.74, 6) is -2.24. The van der Waals surface area contributed by atoms with Crippen LogP contribution in [-0.4, -0.2) is 77.0 Å². The van der Waals surface area contributed by atoms with Gasteiger partial charge in [-0.25, -0.2) is 0 Å². The summed E-state index contributed by atoms with van der Waals surface area (Å²) in [6, 6.07) is 4.62. The Hall–Kier alpha value is -2.13. The third-order valence-electron chi connectivity index (χ3n) is 9.86. The molecule has 1 aliphatic carbocycles. The van der Waals surface area contributed by atoms with E-state index in [1.54, 1.807) is 23.1 Å². The molecule has 1 aromatic carbocycles. The molecular weight excluding hydrogens is 563 g/mol. The molecule has 4 aliphatic heterocycles. The van der Waals surface area contributed by atoms with Gasteiger partial charge in [0.2, 0.25) is 17.7 Å². The summed E-state index contributed by atoms with van der Waals surface area (Å²) in [5, 5.41) is 6.97. The fraction of sp³-hybridized carbons (Fsp3) is 0.645. The number of nitrogens with zero attached hydrogens (tertiary/aromatic N) is 2. The number of halogens is 2. The van der Waals surface area contributed by atoms with Crippen molar-refractivity contribution in [1.82, 2.24) is 15.1 Å². The molecule has 3 amide bonds. The zero-order chi connectivity index (χ0) is 28.7. The standard InChI is InChI=1S/C31H40Cl2N4O4/c1-2-23-10-6-7-13-36(23)14-15-37-27(29(39)34-21-8-4-3-5-9-21)31-12-11-24(41-31)25(26(31)30(37)40)28(38)35-22-17-19(32)16-20(33)18-22/h11-12,16-18,21,23-27H,2-10,13-15H2,1H3,(H,34,39)(H,35,38)/t23-,24+,25+,26+,27+,31+/m1/s1. The number of rotatable bonds is 8. The van der Waals surface area contributed by atoms with Gasteiger partial charge in [0, 0.05) is 40.9 Å². The highest BCUT2D eigenvalue weighted by Gasteiger charge is 2.72. The molecule has 41 heavy (non-hydrogen) atoms. The molecule has 1 aromatic rings. The first-order valence-corrected chi connectivity index (χ1v) is 16.1. The largest absolute Gasteiger partial charge is 0.359 e. The van der Waals surface area contributed by atoms with Gasteiger partial charge in [-0.2, -0.15) is 0 Å². The Balaban J connectivity index is 1.27. The minimum Gasteiger partial charge on any atom is -0.359 e. The highest BCUT2D eigenvalue weighted by molar-refractivity contribution is 6.35. The predicted molar refractivity (Wildman–Crippen MR) is 159 cm³/mol. The number of hydrogen-bond donors (Lipinski definition) is 2. The number of benzene rings is 1. The van der Waals surface area contributed by atoms with E-state index in [-0.39, 0.29) is 23.8 Å². The first kappa shape index (κ1) is 29.0. The van der Waals surface area contributed by atoms with E-state index in [2.05, 4.69) is 22.5 Å². The fourth-order valence-electron chi connectivity index (χ4n) is 7.94. The van der Waals surface area contributed by atoms with E-state index in [0.717, 1.165) is 51.5 Å². The van der Waals surface area contributed by atoms with Crippen LogP contribution in [0.1, 0.15) is 64.7 Å². The molecular formula is C31H40Cl2N4O4. The molecule has 2 N–H and O–H groups in total. The summed E-state index contributed by atoms with van der Waals surface area (Å²) in [6.07, 6.45) is 13.0. The van der Waals surface area contributed by atoms with E-state index in [0.29, 0.717) is 34.9 Å². The van der Waals surface area contributed by atoms with Crippen molar-refractivity contribution in [2.75, 3.05) is 25.0 Å². The quantitative estimate of drug-likeness (QED) is 0.417. The number of nitrogens with one attached hydrogen (secondary N) is 2. The van der Waals surface area contributed by atoms with Gasteiger partial charge in [0.15, 0.2) is 0 Å². The highest BCUT2D eigenvalue weighted by Crippen LogP contribution is 2.55. The molecule has 5 aliphatic rings. The second-order valence-corrected chi connectivity index (χ2v) is 13.2. The van der Waals surface area contributed by atoms with E-state index in [9.17, 15) is 14.4 Å². The Kier molecular flexibility index (Phi) is 8.38. The maximum Gasteiger partial charge on any atom is 0.246 e. The van der Waals surface area contributed by atoms with Crippen molar-refractivity contribution in [3.63, 3.8) is 0 Å². The lowest BCUT2D eigenvalue weighted by Gasteiger charge is -2.38. The molecule has 6 rings (SSSR count). The van der Waals surface area contributed by atoms with Crippen molar-refractivity contribution in [1.29, 1.82) is 0 Å². The molecule has 1 saturated carbocycles. The van der Waals surface area contributed by atoms with Gasteiger partial charge in [-0.3, -0.25) is 19.3 Å². The van der Waals surface area contributed by atoms with Crippen molar-refractivity contribution in [2.24, 2.45) is 11.8 Å². The van der Waals surface area contributed by atoms with Crippen LogP contribution in [0.3, 0.4) is 0 Å². The maximum atomic E-state index is 14.3. The predicted octanol–water partition coefficient (Wildman–Crippen LogP) is 4.80. The topological polar surface area (TPSA) is 91.0 Å². The van der Waals surface area contributed by atoms with Crippen LogP contribution in [0.2, 0.25) is 10.0 Å². The average Bonchev–Trinajstić information content (AvgIpc) is 3.59. The summed E-state index contributed by atoms with van der Waals surface area (Å²) in [4.78, 5) is 46.2. The van der Waals surface area contributed by atoms with Crippen molar-refractivity contribution in [3.8, 4) is 0 Å². The van der Waals surface area contributed by atoms with Crippen LogP contribution in [0.4, 0.5) is 5.69 Å². The smallest absolute Gasteiger partial charge is 0.246 e. The SMILES string of the molecule is CC[C@@H]1CCCCN1CCN1C(=O)[C@@H]2[C@@H](C(=O)Nc3cc(Cl)cc(Cl)c3)[C@@H]3C=C[C@@]2(O3)[C@@H]1C(=O)NC1CCCCC1. The molecule has 2 bridgehead atoms. The Labute approximate surface area is 252 Å². The van der Waals surface area contributed by atoms with E-state index in [1.807, 2.05) is 12.2 Å². The van der Waals surface area contributed by atoms with Crippen molar-refractivity contribution >= 4 is 46.6 Å². The third kappa shape index (κ3) is 5.41. The van der Waals surface area contributed by atoms with E-state index in [4.69, 9.17) is 27.9 Å². The fourth-order valence-corrected chi connectivity index (χ4v) is 8.47. The second-order valence-electron chi connectivity index (χ2n) is 12.3. The lowest BCUT2D eigenvalue weighted by molar-refractivity contribution is -0.141. The Morgan fingerprint density at radius 2 is 1.73 bits per heavy atom. The monoisotopic (exact) mass is 602 g/mol. The number of anilines is 1.